The van der Waals surface area contributed by atoms with Crippen molar-refractivity contribution in [1.29, 1.82) is 0 Å². The van der Waals surface area contributed by atoms with Crippen LogP contribution in [0.3, 0.4) is 0 Å². The van der Waals surface area contributed by atoms with E-state index in [1.54, 1.807) is 5.57 Å². The van der Waals surface area contributed by atoms with Crippen LogP contribution < -0.4 is 0 Å². The molecule has 0 aromatic rings. The molecule has 4 aliphatic carbocycles. The molecule has 4 aliphatic rings. The summed E-state index contributed by atoms with van der Waals surface area (Å²) in [4.78, 5) is 0. The molecular formula is C33H58O4. The van der Waals surface area contributed by atoms with Gasteiger partial charge in [0.1, 0.15) is 0 Å². The molecule has 4 rings (SSSR count). The molecule has 0 spiro atoms. The van der Waals surface area contributed by atoms with Crippen molar-refractivity contribution in [2.24, 2.45) is 46.3 Å². The normalized spacial score (nSPS) is 38.1. The van der Waals surface area contributed by atoms with Crippen molar-refractivity contribution in [3.63, 3.8) is 0 Å². The van der Waals surface area contributed by atoms with Crippen molar-refractivity contribution in [1.82, 2.24) is 0 Å². The quantitative estimate of drug-likeness (QED) is 0.192. The Bertz CT molecular complexity index is 734. The standard InChI is InChI=1S/C33H58O4/c1-24(2)7-6-8-25(3)29-11-12-30-28-10-9-26-23-27(37-22-21-36-20-19-35-18-17-34)13-15-32(26,4)31(28)14-16-33(29,30)5/h9,24-25,27-31,34H,6-8,10-23H2,1-5H3/t25-,27+,28+,29?,30+,31+,32+,33-/m1/s1. The summed E-state index contributed by atoms with van der Waals surface area (Å²) in [5.74, 6) is 5.39. The van der Waals surface area contributed by atoms with E-state index in [1.165, 1.54) is 64.2 Å². The Kier molecular flexibility index (Phi) is 10.6. The van der Waals surface area contributed by atoms with Crippen LogP contribution in [-0.2, 0) is 14.2 Å². The zero-order chi connectivity index (χ0) is 26.5. The summed E-state index contributed by atoms with van der Waals surface area (Å²) in [6.45, 7) is 15.5. The minimum Gasteiger partial charge on any atom is -0.394 e. The average molecular weight is 519 g/mol. The van der Waals surface area contributed by atoms with Gasteiger partial charge < -0.3 is 19.3 Å². The summed E-state index contributed by atoms with van der Waals surface area (Å²) in [5.41, 5.74) is 2.68. The maximum absolute atomic E-state index is 8.75. The van der Waals surface area contributed by atoms with E-state index < -0.39 is 0 Å². The predicted octanol–water partition coefficient (Wildman–Crippen LogP) is 7.44. The van der Waals surface area contributed by atoms with Crippen molar-refractivity contribution in [3.05, 3.63) is 11.6 Å². The van der Waals surface area contributed by atoms with E-state index in [0.29, 0.717) is 50.0 Å². The van der Waals surface area contributed by atoms with Crippen LogP contribution in [0.1, 0.15) is 105 Å². The second-order valence-electron chi connectivity index (χ2n) is 14.0. The third kappa shape index (κ3) is 6.67. The van der Waals surface area contributed by atoms with E-state index in [0.717, 1.165) is 41.9 Å². The number of aliphatic hydroxyl groups excluding tert-OH is 1. The van der Waals surface area contributed by atoms with Crippen molar-refractivity contribution in [3.8, 4) is 0 Å². The highest BCUT2D eigenvalue weighted by Gasteiger charge is 2.59. The Morgan fingerprint density at radius 3 is 2.41 bits per heavy atom. The molecule has 37 heavy (non-hydrogen) atoms. The Hall–Kier alpha value is -0.420. The van der Waals surface area contributed by atoms with E-state index in [9.17, 15) is 0 Å². The van der Waals surface area contributed by atoms with Crippen LogP contribution >= 0.6 is 0 Å². The molecule has 0 aromatic carbocycles. The molecule has 0 amide bonds. The molecule has 3 fully saturated rings. The van der Waals surface area contributed by atoms with Gasteiger partial charge in [-0.2, -0.15) is 0 Å². The van der Waals surface area contributed by atoms with Gasteiger partial charge in [0, 0.05) is 0 Å². The van der Waals surface area contributed by atoms with E-state index >= 15 is 0 Å². The highest BCUT2D eigenvalue weighted by Crippen LogP contribution is 2.67. The van der Waals surface area contributed by atoms with E-state index in [2.05, 4.69) is 40.7 Å². The smallest absolute Gasteiger partial charge is 0.0704 e. The molecule has 0 aromatic heterocycles. The zero-order valence-electron chi connectivity index (χ0n) is 24.8. The first-order chi connectivity index (χ1) is 17.8. The number of allylic oxidation sites excluding steroid dienone is 1. The van der Waals surface area contributed by atoms with Gasteiger partial charge in [0.05, 0.1) is 45.7 Å². The summed E-state index contributed by atoms with van der Waals surface area (Å²) >= 11 is 0. The number of fused-ring (bicyclic) bond motifs is 5. The van der Waals surface area contributed by atoms with Crippen molar-refractivity contribution in [2.45, 2.75) is 111 Å². The molecule has 4 heteroatoms. The van der Waals surface area contributed by atoms with Gasteiger partial charge in [0.15, 0.2) is 0 Å². The molecule has 1 unspecified atom stereocenters. The summed E-state index contributed by atoms with van der Waals surface area (Å²) in [6, 6.07) is 0. The largest absolute Gasteiger partial charge is 0.394 e. The Labute approximate surface area is 228 Å². The second-order valence-corrected chi connectivity index (χ2v) is 14.0. The molecule has 0 aliphatic heterocycles. The molecule has 8 atom stereocenters. The maximum Gasteiger partial charge on any atom is 0.0704 e. The van der Waals surface area contributed by atoms with Crippen LogP contribution in [0.5, 0.6) is 0 Å². The summed E-state index contributed by atoms with van der Waals surface area (Å²) in [7, 11) is 0. The molecule has 0 bridgehead atoms. The molecule has 1 N–H and O–H groups in total. The van der Waals surface area contributed by atoms with Crippen LogP contribution in [0.25, 0.3) is 0 Å². The maximum atomic E-state index is 8.75. The van der Waals surface area contributed by atoms with Crippen molar-refractivity contribution >= 4 is 0 Å². The number of aliphatic hydroxyl groups is 1. The SMILES string of the molecule is CC(C)CCC[C@@H](C)C1CC[C@H]2[C@@H]3CC=C4C[C@@H](OCCOCCOCCO)CC[C@]4(C)[C@H]3CC[C@]12C. The third-order valence-corrected chi connectivity index (χ3v) is 11.4. The zero-order valence-corrected chi connectivity index (χ0v) is 24.8. The average Bonchev–Trinajstić information content (AvgIpc) is 3.22. The molecular weight excluding hydrogens is 460 g/mol. The van der Waals surface area contributed by atoms with Gasteiger partial charge in [-0.25, -0.2) is 0 Å². The van der Waals surface area contributed by atoms with Gasteiger partial charge in [-0.1, -0.05) is 65.5 Å². The first kappa shape index (κ1) is 29.6. The summed E-state index contributed by atoms with van der Waals surface area (Å²) < 4.78 is 17.1. The molecule has 3 saturated carbocycles. The highest BCUT2D eigenvalue weighted by molar-refractivity contribution is 5.25. The number of hydrogen-bond acceptors (Lipinski definition) is 4. The first-order valence-corrected chi connectivity index (χ1v) is 15.9. The van der Waals surface area contributed by atoms with Crippen molar-refractivity contribution in [2.75, 3.05) is 39.6 Å². The van der Waals surface area contributed by atoms with Gasteiger partial charge in [0.25, 0.3) is 0 Å². The van der Waals surface area contributed by atoms with Crippen molar-refractivity contribution < 1.29 is 19.3 Å². The van der Waals surface area contributed by atoms with Crippen LogP contribution in [0, 0.1) is 46.3 Å². The monoisotopic (exact) mass is 518 g/mol. The minimum atomic E-state index is 0.0689. The predicted molar refractivity (Wildman–Crippen MR) is 152 cm³/mol. The van der Waals surface area contributed by atoms with Gasteiger partial charge >= 0.3 is 0 Å². The fourth-order valence-corrected chi connectivity index (χ4v) is 9.45. The highest BCUT2D eigenvalue weighted by atomic mass is 16.5. The van der Waals surface area contributed by atoms with Crippen LogP contribution in [-0.4, -0.2) is 50.9 Å². The minimum absolute atomic E-state index is 0.0689. The third-order valence-electron chi connectivity index (χ3n) is 11.4. The van der Waals surface area contributed by atoms with E-state index in [-0.39, 0.29) is 6.61 Å². The lowest BCUT2D eigenvalue weighted by molar-refractivity contribution is -0.0690. The lowest BCUT2D eigenvalue weighted by Crippen LogP contribution is -2.51. The summed E-state index contributed by atoms with van der Waals surface area (Å²) in [5, 5.41) is 8.75. The van der Waals surface area contributed by atoms with Crippen LogP contribution in [0.15, 0.2) is 11.6 Å². The van der Waals surface area contributed by atoms with Gasteiger partial charge in [-0.3, -0.25) is 0 Å². The molecule has 214 valence electrons. The molecule has 0 saturated heterocycles. The van der Waals surface area contributed by atoms with Crippen LogP contribution in [0.4, 0.5) is 0 Å². The van der Waals surface area contributed by atoms with Gasteiger partial charge in [0.2, 0.25) is 0 Å². The second kappa shape index (κ2) is 13.3. The molecule has 0 radical (unpaired) electrons. The van der Waals surface area contributed by atoms with E-state index in [4.69, 9.17) is 19.3 Å². The number of ether oxygens (including phenoxy) is 3. The van der Waals surface area contributed by atoms with Gasteiger partial charge in [-0.15, -0.1) is 0 Å². The molecule has 4 nitrogen and oxygen atoms in total. The Balaban J connectivity index is 1.29. The van der Waals surface area contributed by atoms with Gasteiger partial charge in [-0.05, 0) is 97.7 Å². The Morgan fingerprint density at radius 2 is 1.65 bits per heavy atom. The lowest BCUT2D eigenvalue weighted by Gasteiger charge is -2.58. The first-order valence-electron chi connectivity index (χ1n) is 15.9. The Morgan fingerprint density at radius 1 is 0.892 bits per heavy atom. The lowest BCUT2D eigenvalue weighted by atomic mass is 9.47. The van der Waals surface area contributed by atoms with Crippen LogP contribution in [0.2, 0.25) is 0 Å². The molecule has 0 heterocycles. The summed E-state index contributed by atoms with van der Waals surface area (Å²) in [6.07, 6.45) is 18.0. The fourth-order valence-electron chi connectivity index (χ4n) is 9.45. The number of rotatable bonds is 14. The van der Waals surface area contributed by atoms with E-state index in [1.807, 2.05) is 0 Å². The topological polar surface area (TPSA) is 47.9 Å². The fraction of sp³-hybridized carbons (Fsp3) is 0.939. The number of hydrogen-bond donors (Lipinski definition) is 1.